The Hall–Kier alpha value is -3.00. The predicted octanol–water partition coefficient (Wildman–Crippen LogP) is 2.83. The smallest absolute Gasteiger partial charge is 0.255 e. The van der Waals surface area contributed by atoms with Gasteiger partial charge in [-0.1, -0.05) is 0 Å². The average Bonchev–Trinajstić information content (AvgIpc) is 2.55. The Balaban J connectivity index is 2.20. The number of hydrogen-bond donors (Lipinski definition) is 1. The minimum atomic E-state index is -0.275. The Labute approximate surface area is 122 Å². The molecule has 0 fully saturated rings. The number of benzene rings is 2. The van der Waals surface area contributed by atoms with Gasteiger partial charge in [-0.05, 0) is 36.4 Å². The lowest BCUT2D eigenvalue weighted by molar-refractivity contribution is 0.102. The topological polar surface area (TPSA) is 71.3 Å². The molecule has 2 aromatic carbocycles. The maximum Gasteiger partial charge on any atom is 0.255 e. The third-order valence-corrected chi connectivity index (χ3v) is 2.93. The maximum absolute atomic E-state index is 12.2. The van der Waals surface area contributed by atoms with Crippen LogP contribution < -0.4 is 14.8 Å². The molecule has 1 N–H and O–H groups in total. The fraction of sp³-hybridized carbons (Fsp3) is 0.125. The number of carbonyl (C=O) groups excluding carboxylic acids is 1. The molecule has 0 heterocycles. The lowest BCUT2D eigenvalue weighted by Crippen LogP contribution is -2.12. The van der Waals surface area contributed by atoms with Crippen molar-refractivity contribution >= 4 is 11.6 Å². The molecule has 5 nitrogen and oxygen atoms in total. The van der Waals surface area contributed by atoms with Gasteiger partial charge in [0.05, 0.1) is 31.5 Å². The molecule has 0 aliphatic rings. The Morgan fingerprint density at radius 3 is 2.38 bits per heavy atom. The van der Waals surface area contributed by atoms with Crippen LogP contribution in [0.5, 0.6) is 11.5 Å². The zero-order valence-corrected chi connectivity index (χ0v) is 11.7. The van der Waals surface area contributed by atoms with Crippen molar-refractivity contribution in [2.75, 3.05) is 19.5 Å². The summed E-state index contributed by atoms with van der Waals surface area (Å²) in [5, 5.41) is 11.5. The number of carbonyl (C=O) groups is 1. The minimum absolute atomic E-state index is 0.275. The first-order valence-electron chi connectivity index (χ1n) is 6.21. The second-order valence-electron chi connectivity index (χ2n) is 4.21. The van der Waals surface area contributed by atoms with Crippen LogP contribution in [0.1, 0.15) is 15.9 Å². The zero-order valence-electron chi connectivity index (χ0n) is 11.7. The van der Waals surface area contributed by atoms with Crippen molar-refractivity contribution in [2.24, 2.45) is 0 Å². The van der Waals surface area contributed by atoms with E-state index in [1.54, 1.807) is 49.6 Å². The Morgan fingerprint density at radius 2 is 1.81 bits per heavy atom. The first-order valence-corrected chi connectivity index (χ1v) is 6.21. The Bertz CT molecular complexity index is 688. The molecular formula is C16H14N2O3. The van der Waals surface area contributed by atoms with Gasteiger partial charge in [-0.3, -0.25) is 4.79 Å². The zero-order chi connectivity index (χ0) is 15.2. The lowest BCUT2D eigenvalue weighted by Gasteiger charge is -2.11. The highest BCUT2D eigenvalue weighted by Gasteiger charge is 2.10. The van der Waals surface area contributed by atoms with Crippen LogP contribution in [0.4, 0.5) is 5.69 Å². The van der Waals surface area contributed by atoms with Crippen molar-refractivity contribution in [3.8, 4) is 17.6 Å². The van der Waals surface area contributed by atoms with Crippen LogP contribution in [0, 0.1) is 11.3 Å². The lowest BCUT2D eigenvalue weighted by atomic mass is 10.1. The van der Waals surface area contributed by atoms with Crippen molar-refractivity contribution in [1.29, 1.82) is 5.26 Å². The van der Waals surface area contributed by atoms with E-state index in [4.69, 9.17) is 14.7 Å². The number of hydrogen-bond acceptors (Lipinski definition) is 4. The largest absolute Gasteiger partial charge is 0.497 e. The number of nitriles is 1. The predicted molar refractivity (Wildman–Crippen MR) is 78.7 cm³/mol. The number of ether oxygens (including phenoxy) is 2. The van der Waals surface area contributed by atoms with Crippen LogP contribution >= 0.6 is 0 Å². The van der Waals surface area contributed by atoms with E-state index in [0.29, 0.717) is 28.3 Å². The number of rotatable bonds is 4. The number of anilines is 1. The third kappa shape index (κ3) is 3.31. The minimum Gasteiger partial charge on any atom is -0.497 e. The highest BCUT2D eigenvalue weighted by molar-refractivity contribution is 6.05. The second-order valence-corrected chi connectivity index (χ2v) is 4.21. The summed E-state index contributed by atoms with van der Waals surface area (Å²) in [6.07, 6.45) is 0. The van der Waals surface area contributed by atoms with Gasteiger partial charge < -0.3 is 14.8 Å². The van der Waals surface area contributed by atoms with Crippen LogP contribution in [0.15, 0.2) is 42.5 Å². The number of amides is 1. The van der Waals surface area contributed by atoms with E-state index in [1.165, 1.54) is 7.11 Å². The molecular weight excluding hydrogens is 268 g/mol. The first-order chi connectivity index (χ1) is 10.2. The highest BCUT2D eigenvalue weighted by Crippen LogP contribution is 2.29. The summed E-state index contributed by atoms with van der Waals surface area (Å²) in [7, 11) is 3.08. The van der Waals surface area contributed by atoms with Gasteiger partial charge in [-0.2, -0.15) is 5.26 Å². The van der Waals surface area contributed by atoms with Crippen LogP contribution in [-0.2, 0) is 0 Å². The van der Waals surface area contributed by atoms with Crippen molar-refractivity contribution in [2.45, 2.75) is 0 Å². The average molecular weight is 282 g/mol. The molecule has 5 heteroatoms. The molecule has 0 radical (unpaired) electrons. The molecule has 0 saturated heterocycles. The molecule has 0 unspecified atom stereocenters. The van der Waals surface area contributed by atoms with E-state index in [-0.39, 0.29) is 5.91 Å². The molecule has 2 rings (SSSR count). The first kappa shape index (κ1) is 14.4. The van der Waals surface area contributed by atoms with Gasteiger partial charge in [-0.25, -0.2) is 0 Å². The van der Waals surface area contributed by atoms with Crippen LogP contribution in [0.3, 0.4) is 0 Å². The van der Waals surface area contributed by atoms with E-state index < -0.39 is 0 Å². The van der Waals surface area contributed by atoms with Gasteiger partial charge >= 0.3 is 0 Å². The van der Waals surface area contributed by atoms with E-state index in [0.717, 1.165) is 0 Å². The van der Waals surface area contributed by atoms with Gasteiger partial charge in [0, 0.05) is 11.6 Å². The summed E-state index contributed by atoms with van der Waals surface area (Å²) in [6.45, 7) is 0. The van der Waals surface area contributed by atoms with E-state index in [1.807, 2.05) is 6.07 Å². The molecule has 0 atom stereocenters. The molecule has 0 bridgehead atoms. The molecule has 106 valence electrons. The monoisotopic (exact) mass is 282 g/mol. The third-order valence-electron chi connectivity index (χ3n) is 2.93. The fourth-order valence-corrected chi connectivity index (χ4v) is 1.79. The standard InChI is InChI=1S/C16H14N2O3/c1-20-13-7-8-14(15(9-13)21-2)18-16(19)12-5-3-11(10-17)4-6-12/h3-9H,1-2H3,(H,18,19). The molecule has 0 aliphatic carbocycles. The van der Waals surface area contributed by atoms with Crippen molar-refractivity contribution in [1.82, 2.24) is 0 Å². The quantitative estimate of drug-likeness (QED) is 0.936. The molecule has 0 saturated carbocycles. The summed E-state index contributed by atoms with van der Waals surface area (Å²) in [5.74, 6) is 0.877. The summed E-state index contributed by atoms with van der Waals surface area (Å²) in [5.41, 5.74) is 1.52. The van der Waals surface area contributed by atoms with Crippen LogP contribution in [0.25, 0.3) is 0 Å². The Kier molecular flexibility index (Phi) is 4.42. The molecule has 0 aromatic heterocycles. The summed E-state index contributed by atoms with van der Waals surface area (Å²) in [6, 6.07) is 13.5. The molecule has 0 aliphatic heterocycles. The van der Waals surface area contributed by atoms with Crippen molar-refractivity contribution in [3.63, 3.8) is 0 Å². The number of methoxy groups -OCH3 is 2. The number of nitrogens with zero attached hydrogens (tertiary/aromatic N) is 1. The summed E-state index contributed by atoms with van der Waals surface area (Å²) < 4.78 is 10.3. The SMILES string of the molecule is COc1ccc(NC(=O)c2ccc(C#N)cc2)c(OC)c1. The molecule has 21 heavy (non-hydrogen) atoms. The van der Waals surface area contributed by atoms with Crippen molar-refractivity contribution in [3.05, 3.63) is 53.6 Å². The molecule has 2 aromatic rings. The second kappa shape index (κ2) is 6.44. The Morgan fingerprint density at radius 1 is 1.10 bits per heavy atom. The maximum atomic E-state index is 12.2. The van der Waals surface area contributed by atoms with Gasteiger partial charge in [-0.15, -0.1) is 0 Å². The molecule has 0 spiro atoms. The van der Waals surface area contributed by atoms with E-state index in [2.05, 4.69) is 5.32 Å². The molecule has 1 amide bonds. The van der Waals surface area contributed by atoms with Gasteiger partial charge in [0.25, 0.3) is 5.91 Å². The van der Waals surface area contributed by atoms with Crippen molar-refractivity contribution < 1.29 is 14.3 Å². The summed E-state index contributed by atoms with van der Waals surface area (Å²) in [4.78, 5) is 12.2. The summed E-state index contributed by atoms with van der Waals surface area (Å²) >= 11 is 0. The van der Waals surface area contributed by atoms with Crippen LogP contribution in [0.2, 0.25) is 0 Å². The normalized spacial score (nSPS) is 9.57. The fourth-order valence-electron chi connectivity index (χ4n) is 1.79. The van der Waals surface area contributed by atoms with Crippen LogP contribution in [-0.4, -0.2) is 20.1 Å². The van der Waals surface area contributed by atoms with E-state index >= 15 is 0 Å². The number of nitrogens with one attached hydrogen (secondary N) is 1. The van der Waals surface area contributed by atoms with Gasteiger partial charge in [0.2, 0.25) is 0 Å². The van der Waals surface area contributed by atoms with Gasteiger partial charge in [0.1, 0.15) is 11.5 Å². The highest BCUT2D eigenvalue weighted by atomic mass is 16.5. The van der Waals surface area contributed by atoms with Gasteiger partial charge in [0.15, 0.2) is 0 Å². The van der Waals surface area contributed by atoms with E-state index in [9.17, 15) is 4.79 Å².